The predicted octanol–water partition coefficient (Wildman–Crippen LogP) is 2.76. The first-order valence-electron chi connectivity index (χ1n) is 8.10. The second-order valence-corrected chi connectivity index (χ2v) is 7.05. The number of H-pyrrole nitrogens is 1. The van der Waals surface area contributed by atoms with Crippen molar-refractivity contribution < 1.29 is 0 Å². The Hall–Kier alpha value is -0.830. The number of nitrogens with zero attached hydrogens (tertiary/aromatic N) is 1. The van der Waals surface area contributed by atoms with Crippen LogP contribution in [0.4, 0.5) is 0 Å². The molecule has 104 valence electrons. The molecule has 4 aliphatic rings. The van der Waals surface area contributed by atoms with Gasteiger partial charge < -0.3 is 10.3 Å². The van der Waals surface area contributed by atoms with Crippen molar-refractivity contribution >= 4 is 0 Å². The lowest BCUT2D eigenvalue weighted by molar-refractivity contribution is -0.0135. The molecule has 4 bridgehead atoms. The van der Waals surface area contributed by atoms with Gasteiger partial charge in [-0.15, -0.1) is 0 Å². The highest BCUT2D eigenvalue weighted by Crippen LogP contribution is 2.53. The van der Waals surface area contributed by atoms with Crippen LogP contribution in [0.25, 0.3) is 0 Å². The lowest BCUT2D eigenvalue weighted by atomic mass is 9.54. The first kappa shape index (κ1) is 12.0. The Labute approximate surface area is 115 Å². The lowest BCUT2D eigenvalue weighted by Crippen LogP contribution is -2.54. The van der Waals surface area contributed by atoms with Crippen LogP contribution >= 0.6 is 0 Å². The van der Waals surface area contributed by atoms with Crippen LogP contribution < -0.4 is 5.32 Å². The number of hydrogen-bond acceptors (Lipinski definition) is 2. The summed E-state index contributed by atoms with van der Waals surface area (Å²) in [5.74, 6) is 5.30. The molecular formula is C16H25N3. The van der Waals surface area contributed by atoms with Crippen molar-refractivity contribution in [1.29, 1.82) is 0 Å². The Kier molecular flexibility index (Phi) is 3.10. The monoisotopic (exact) mass is 259 g/mol. The molecule has 5 rings (SSSR count). The molecule has 4 fully saturated rings. The molecule has 3 nitrogen and oxygen atoms in total. The summed E-state index contributed by atoms with van der Waals surface area (Å²) < 4.78 is 0. The van der Waals surface area contributed by atoms with Crippen LogP contribution in [0.2, 0.25) is 0 Å². The largest absolute Gasteiger partial charge is 0.349 e. The minimum atomic E-state index is 0.837. The first-order chi connectivity index (χ1) is 9.38. The molecule has 4 aliphatic carbocycles. The van der Waals surface area contributed by atoms with E-state index in [1.54, 1.807) is 6.42 Å². The number of hydrogen-bond donors (Lipinski definition) is 2. The Morgan fingerprint density at radius 1 is 1.11 bits per heavy atom. The third-order valence-electron chi connectivity index (χ3n) is 5.75. The average Bonchev–Trinajstić information content (AvgIpc) is 2.89. The summed E-state index contributed by atoms with van der Waals surface area (Å²) in [5.41, 5.74) is 0. The van der Waals surface area contributed by atoms with Gasteiger partial charge in [-0.05, 0) is 68.7 Å². The van der Waals surface area contributed by atoms with Gasteiger partial charge in [-0.2, -0.15) is 0 Å². The second kappa shape index (κ2) is 4.93. The zero-order chi connectivity index (χ0) is 12.7. The first-order valence-corrected chi connectivity index (χ1v) is 8.10. The molecule has 0 amide bonds. The van der Waals surface area contributed by atoms with Crippen molar-refractivity contribution in [3.05, 3.63) is 18.2 Å². The standard InChI is InChI=1S/C16H25N3/c1(2-15-17-4-5-18-15)3-19-16-13-7-11-6-12(9-13)10-14(16)8-11/h4-5,11-14,16,19H,1-3,6-10H2,(H,17,18). The van der Waals surface area contributed by atoms with E-state index < -0.39 is 0 Å². The van der Waals surface area contributed by atoms with Gasteiger partial charge in [-0.25, -0.2) is 4.98 Å². The molecule has 4 saturated carbocycles. The highest BCUT2D eigenvalue weighted by Gasteiger charge is 2.47. The molecule has 0 aromatic carbocycles. The van der Waals surface area contributed by atoms with Gasteiger partial charge >= 0.3 is 0 Å². The third-order valence-corrected chi connectivity index (χ3v) is 5.75. The van der Waals surface area contributed by atoms with Crippen LogP contribution in [0.1, 0.15) is 44.3 Å². The summed E-state index contributed by atoms with van der Waals surface area (Å²) in [6.07, 6.45) is 13.7. The van der Waals surface area contributed by atoms with E-state index in [-0.39, 0.29) is 0 Å². The summed E-state index contributed by atoms with van der Waals surface area (Å²) in [6.45, 7) is 1.16. The smallest absolute Gasteiger partial charge is 0.106 e. The van der Waals surface area contributed by atoms with Crippen LogP contribution in [0, 0.1) is 23.7 Å². The Morgan fingerprint density at radius 2 is 1.84 bits per heavy atom. The summed E-state index contributed by atoms with van der Waals surface area (Å²) in [6, 6.07) is 0.837. The molecule has 19 heavy (non-hydrogen) atoms. The molecule has 0 spiro atoms. The normalized spacial score (nSPS) is 39.9. The maximum absolute atomic E-state index is 4.29. The number of imidazole rings is 1. The minimum Gasteiger partial charge on any atom is -0.349 e. The van der Waals surface area contributed by atoms with Crippen molar-refractivity contribution in [1.82, 2.24) is 15.3 Å². The zero-order valence-electron chi connectivity index (χ0n) is 11.6. The highest BCUT2D eigenvalue weighted by molar-refractivity contribution is 5.01. The van der Waals surface area contributed by atoms with Gasteiger partial charge in [0.05, 0.1) is 0 Å². The van der Waals surface area contributed by atoms with Crippen LogP contribution in [-0.4, -0.2) is 22.6 Å². The van der Waals surface area contributed by atoms with Gasteiger partial charge in [0.25, 0.3) is 0 Å². The molecule has 3 heteroatoms. The van der Waals surface area contributed by atoms with E-state index >= 15 is 0 Å². The average molecular weight is 259 g/mol. The van der Waals surface area contributed by atoms with Crippen LogP contribution in [0.15, 0.2) is 12.4 Å². The van der Waals surface area contributed by atoms with Crippen LogP contribution in [-0.2, 0) is 6.42 Å². The molecule has 1 aromatic heterocycles. The van der Waals surface area contributed by atoms with Crippen LogP contribution in [0.3, 0.4) is 0 Å². The third kappa shape index (κ3) is 2.33. The predicted molar refractivity (Wildman–Crippen MR) is 75.7 cm³/mol. The molecule has 0 atom stereocenters. The van der Waals surface area contributed by atoms with Crippen molar-refractivity contribution in [2.24, 2.45) is 23.7 Å². The van der Waals surface area contributed by atoms with Crippen LogP contribution in [0.5, 0.6) is 0 Å². The molecule has 0 aliphatic heterocycles. The summed E-state index contributed by atoms with van der Waals surface area (Å²) in [5, 5.41) is 3.89. The maximum atomic E-state index is 4.29. The fourth-order valence-electron chi connectivity index (χ4n) is 5.22. The van der Waals surface area contributed by atoms with Gasteiger partial charge in [0.1, 0.15) is 5.82 Å². The molecule has 0 saturated heterocycles. The van der Waals surface area contributed by atoms with Crippen molar-refractivity contribution in [2.75, 3.05) is 6.54 Å². The van der Waals surface area contributed by atoms with E-state index in [0.717, 1.165) is 48.5 Å². The minimum absolute atomic E-state index is 0.837. The molecule has 2 N–H and O–H groups in total. The number of aromatic nitrogens is 2. The van der Waals surface area contributed by atoms with Crippen molar-refractivity contribution in [3.8, 4) is 0 Å². The van der Waals surface area contributed by atoms with E-state index in [0.29, 0.717) is 0 Å². The van der Waals surface area contributed by atoms with Crippen molar-refractivity contribution in [3.63, 3.8) is 0 Å². The fraction of sp³-hybridized carbons (Fsp3) is 0.812. The van der Waals surface area contributed by atoms with E-state index in [9.17, 15) is 0 Å². The van der Waals surface area contributed by atoms with E-state index in [4.69, 9.17) is 0 Å². The fourth-order valence-corrected chi connectivity index (χ4v) is 5.22. The number of nitrogens with one attached hydrogen (secondary N) is 2. The van der Waals surface area contributed by atoms with E-state index in [1.165, 1.54) is 32.1 Å². The Bertz CT molecular complexity index is 384. The molecule has 1 heterocycles. The Balaban J connectivity index is 1.27. The van der Waals surface area contributed by atoms with Gasteiger partial charge in [-0.1, -0.05) is 0 Å². The second-order valence-electron chi connectivity index (χ2n) is 7.05. The van der Waals surface area contributed by atoms with Gasteiger partial charge in [0.2, 0.25) is 0 Å². The maximum Gasteiger partial charge on any atom is 0.106 e. The SMILES string of the molecule is c1c[nH]c(CCCNC2C3CC4CC(C3)CC2C4)n1. The van der Waals surface area contributed by atoms with Gasteiger partial charge in [-0.3, -0.25) is 0 Å². The molecular weight excluding hydrogens is 234 g/mol. The van der Waals surface area contributed by atoms with E-state index in [2.05, 4.69) is 15.3 Å². The molecule has 0 unspecified atom stereocenters. The zero-order valence-corrected chi connectivity index (χ0v) is 11.6. The number of rotatable bonds is 5. The number of aryl methyl sites for hydroxylation is 1. The lowest BCUT2D eigenvalue weighted by Gasteiger charge is -2.54. The van der Waals surface area contributed by atoms with Gasteiger partial charge in [0, 0.05) is 24.9 Å². The molecule has 1 aromatic rings. The van der Waals surface area contributed by atoms with E-state index in [1.807, 2.05) is 12.4 Å². The molecule has 0 radical (unpaired) electrons. The number of aromatic amines is 1. The Morgan fingerprint density at radius 3 is 2.47 bits per heavy atom. The summed E-state index contributed by atoms with van der Waals surface area (Å²) >= 11 is 0. The summed E-state index contributed by atoms with van der Waals surface area (Å²) in [7, 11) is 0. The quantitative estimate of drug-likeness (QED) is 0.798. The highest BCUT2D eigenvalue weighted by atomic mass is 14.9. The van der Waals surface area contributed by atoms with Gasteiger partial charge in [0.15, 0.2) is 0 Å². The topological polar surface area (TPSA) is 40.7 Å². The van der Waals surface area contributed by atoms with Crippen molar-refractivity contribution in [2.45, 2.75) is 51.0 Å². The summed E-state index contributed by atoms with van der Waals surface area (Å²) in [4.78, 5) is 7.48.